The highest BCUT2D eigenvalue weighted by Crippen LogP contribution is 2.20. The second-order valence-corrected chi connectivity index (χ2v) is 4.33. The minimum absolute atomic E-state index is 0.562. The summed E-state index contributed by atoms with van der Waals surface area (Å²) in [5, 5.41) is 9.64. The van der Waals surface area contributed by atoms with Crippen LogP contribution < -0.4 is 0 Å². The molecule has 0 saturated carbocycles. The summed E-state index contributed by atoms with van der Waals surface area (Å²) in [5.41, 5.74) is 1.09. The third kappa shape index (κ3) is 2.33. The molecule has 0 aliphatic carbocycles. The Morgan fingerprint density at radius 1 is 1.44 bits per heavy atom. The van der Waals surface area contributed by atoms with E-state index in [1.807, 2.05) is 35.0 Å². The normalized spacial score (nSPS) is 11.3. The average Bonchev–Trinajstić information content (AvgIpc) is 2.60. The van der Waals surface area contributed by atoms with Gasteiger partial charge in [-0.1, -0.05) is 28.1 Å². The fourth-order valence-corrected chi connectivity index (χ4v) is 1.93. The van der Waals surface area contributed by atoms with E-state index in [9.17, 15) is 4.79 Å². The molecule has 0 radical (unpaired) electrons. The van der Waals surface area contributed by atoms with Gasteiger partial charge in [0.25, 0.3) is 0 Å². The van der Waals surface area contributed by atoms with Crippen molar-refractivity contribution in [3.63, 3.8) is 0 Å². The number of hydrogen-bond acceptors (Lipinski definition) is 1. The van der Waals surface area contributed by atoms with Crippen molar-refractivity contribution in [1.82, 2.24) is 4.57 Å². The Balaban J connectivity index is 2.31. The third-order valence-corrected chi connectivity index (χ3v) is 2.79. The van der Waals surface area contributed by atoms with Gasteiger partial charge in [-0.2, -0.15) is 0 Å². The van der Waals surface area contributed by atoms with Gasteiger partial charge < -0.3 is 9.67 Å². The van der Waals surface area contributed by atoms with Crippen LogP contribution >= 0.6 is 15.9 Å². The van der Waals surface area contributed by atoms with Crippen LogP contribution in [0.25, 0.3) is 10.9 Å². The van der Waals surface area contributed by atoms with E-state index in [4.69, 9.17) is 5.11 Å². The van der Waals surface area contributed by atoms with E-state index in [1.165, 1.54) is 0 Å². The first kappa shape index (κ1) is 11.0. The second kappa shape index (κ2) is 4.53. The van der Waals surface area contributed by atoms with Crippen molar-refractivity contribution in [3.8, 4) is 0 Å². The first-order valence-corrected chi connectivity index (χ1v) is 5.60. The number of carboxylic acids is 1. The molecule has 0 unspecified atom stereocenters. The molecule has 0 amide bonds. The van der Waals surface area contributed by atoms with Crippen LogP contribution in [0.15, 0.2) is 47.1 Å². The maximum atomic E-state index is 10.3. The smallest absolute Gasteiger partial charge is 0.328 e. The van der Waals surface area contributed by atoms with Crippen LogP contribution in [0, 0.1) is 0 Å². The number of hydrogen-bond donors (Lipinski definition) is 1. The van der Waals surface area contributed by atoms with Crippen LogP contribution in [0.5, 0.6) is 0 Å². The van der Waals surface area contributed by atoms with Crippen molar-refractivity contribution in [2.45, 2.75) is 6.54 Å². The number of halogens is 1. The van der Waals surface area contributed by atoms with Gasteiger partial charge in [0, 0.05) is 28.8 Å². The molecule has 1 N–H and O–H groups in total. The van der Waals surface area contributed by atoms with E-state index >= 15 is 0 Å². The summed E-state index contributed by atoms with van der Waals surface area (Å²) >= 11 is 3.42. The lowest BCUT2D eigenvalue weighted by molar-refractivity contribution is -0.131. The van der Waals surface area contributed by atoms with Gasteiger partial charge in [0.2, 0.25) is 0 Å². The van der Waals surface area contributed by atoms with Crippen LogP contribution in [0.4, 0.5) is 0 Å². The van der Waals surface area contributed by atoms with Crippen molar-refractivity contribution in [1.29, 1.82) is 0 Å². The number of aliphatic carboxylic acids is 1. The maximum absolute atomic E-state index is 10.3. The maximum Gasteiger partial charge on any atom is 0.328 e. The highest BCUT2D eigenvalue weighted by molar-refractivity contribution is 9.10. The standard InChI is InChI=1S/C12H10BrNO2/c13-10-4-3-9-5-7-14(11(9)8-10)6-1-2-12(15)16/h1-5,7-8H,6H2,(H,15,16). The average molecular weight is 280 g/mol. The summed E-state index contributed by atoms with van der Waals surface area (Å²) < 4.78 is 3.02. The number of carbonyl (C=O) groups is 1. The zero-order valence-electron chi connectivity index (χ0n) is 8.43. The molecular formula is C12H10BrNO2. The van der Waals surface area contributed by atoms with Gasteiger partial charge in [0.1, 0.15) is 0 Å². The minimum Gasteiger partial charge on any atom is -0.478 e. The monoisotopic (exact) mass is 279 g/mol. The highest BCUT2D eigenvalue weighted by Gasteiger charge is 1.99. The van der Waals surface area contributed by atoms with Gasteiger partial charge in [0.05, 0.1) is 0 Å². The number of rotatable bonds is 3. The fraction of sp³-hybridized carbons (Fsp3) is 0.0833. The van der Waals surface area contributed by atoms with E-state index < -0.39 is 5.97 Å². The van der Waals surface area contributed by atoms with Gasteiger partial charge in [-0.3, -0.25) is 0 Å². The van der Waals surface area contributed by atoms with Crippen LogP contribution in [-0.4, -0.2) is 15.6 Å². The molecule has 2 rings (SSSR count). The first-order chi connectivity index (χ1) is 7.66. The molecule has 1 aromatic heterocycles. The van der Waals surface area contributed by atoms with Gasteiger partial charge in [-0.05, 0) is 23.6 Å². The van der Waals surface area contributed by atoms with E-state index in [1.54, 1.807) is 6.08 Å². The lowest BCUT2D eigenvalue weighted by Gasteiger charge is -2.01. The Kier molecular flexibility index (Phi) is 3.10. The van der Waals surface area contributed by atoms with Crippen LogP contribution in [0.1, 0.15) is 0 Å². The van der Waals surface area contributed by atoms with E-state index in [0.717, 1.165) is 21.5 Å². The Hall–Kier alpha value is -1.55. The molecule has 0 fully saturated rings. The van der Waals surface area contributed by atoms with Crippen molar-refractivity contribution in [3.05, 3.63) is 47.1 Å². The van der Waals surface area contributed by atoms with Crippen molar-refractivity contribution < 1.29 is 9.90 Å². The lowest BCUT2D eigenvalue weighted by atomic mass is 10.2. The number of nitrogens with zero attached hydrogens (tertiary/aromatic N) is 1. The summed E-state index contributed by atoms with van der Waals surface area (Å²) in [6.07, 6.45) is 4.73. The zero-order chi connectivity index (χ0) is 11.5. The van der Waals surface area contributed by atoms with E-state index in [0.29, 0.717) is 6.54 Å². The Bertz CT molecular complexity index is 557. The predicted octanol–water partition coefficient (Wildman–Crippen LogP) is 3.04. The fourth-order valence-electron chi connectivity index (χ4n) is 1.58. The lowest BCUT2D eigenvalue weighted by Crippen LogP contribution is -1.94. The topological polar surface area (TPSA) is 42.2 Å². The first-order valence-electron chi connectivity index (χ1n) is 4.81. The number of allylic oxidation sites excluding steroid dienone is 1. The molecule has 0 aliphatic rings. The van der Waals surface area contributed by atoms with Crippen LogP contribution in [0.3, 0.4) is 0 Å². The molecule has 16 heavy (non-hydrogen) atoms. The number of fused-ring (bicyclic) bond motifs is 1. The van der Waals surface area contributed by atoms with Crippen molar-refractivity contribution in [2.24, 2.45) is 0 Å². The van der Waals surface area contributed by atoms with Crippen LogP contribution in [-0.2, 0) is 11.3 Å². The molecule has 0 saturated heterocycles. The van der Waals surface area contributed by atoms with Crippen LogP contribution in [0.2, 0.25) is 0 Å². The number of benzene rings is 1. The van der Waals surface area contributed by atoms with Gasteiger partial charge >= 0.3 is 5.97 Å². The van der Waals surface area contributed by atoms with Gasteiger partial charge in [0.15, 0.2) is 0 Å². The predicted molar refractivity (Wildman–Crippen MR) is 66.4 cm³/mol. The molecule has 1 heterocycles. The summed E-state index contributed by atoms with van der Waals surface area (Å²) in [4.78, 5) is 10.3. The highest BCUT2D eigenvalue weighted by atomic mass is 79.9. The molecule has 0 bridgehead atoms. The molecule has 82 valence electrons. The summed E-state index contributed by atoms with van der Waals surface area (Å²) in [5.74, 6) is -0.919. The summed E-state index contributed by atoms with van der Waals surface area (Å²) in [7, 11) is 0. The molecule has 3 nitrogen and oxygen atoms in total. The largest absolute Gasteiger partial charge is 0.478 e. The van der Waals surface area contributed by atoms with E-state index in [2.05, 4.69) is 15.9 Å². The molecular weight excluding hydrogens is 270 g/mol. The Morgan fingerprint density at radius 2 is 2.25 bits per heavy atom. The van der Waals surface area contributed by atoms with Crippen molar-refractivity contribution in [2.75, 3.05) is 0 Å². The molecule has 2 aromatic rings. The van der Waals surface area contributed by atoms with Gasteiger partial charge in [-0.15, -0.1) is 0 Å². The molecule has 1 aromatic carbocycles. The Labute approximate surface area is 101 Å². The SMILES string of the molecule is O=C(O)C=CCn1ccc2ccc(Br)cc21. The Morgan fingerprint density at radius 3 is 3.00 bits per heavy atom. The molecule has 4 heteroatoms. The van der Waals surface area contributed by atoms with E-state index in [-0.39, 0.29) is 0 Å². The van der Waals surface area contributed by atoms with Gasteiger partial charge in [-0.25, -0.2) is 4.79 Å². The second-order valence-electron chi connectivity index (χ2n) is 3.41. The zero-order valence-corrected chi connectivity index (χ0v) is 10.0. The summed E-state index contributed by atoms with van der Waals surface area (Å²) in [6.45, 7) is 0.562. The third-order valence-electron chi connectivity index (χ3n) is 2.30. The quantitative estimate of drug-likeness (QED) is 0.878. The molecule has 0 atom stereocenters. The number of aromatic nitrogens is 1. The molecule has 0 aliphatic heterocycles. The minimum atomic E-state index is -0.919. The number of carboxylic acid groups (broad SMARTS) is 1. The van der Waals surface area contributed by atoms with Crippen molar-refractivity contribution >= 4 is 32.8 Å². The summed E-state index contributed by atoms with van der Waals surface area (Å²) in [6, 6.07) is 8.04. The molecule has 0 spiro atoms.